The van der Waals surface area contributed by atoms with Crippen LogP contribution in [0, 0.1) is 11.3 Å². The fourth-order valence-electron chi connectivity index (χ4n) is 2.52. The topological polar surface area (TPSA) is 65.4 Å². The van der Waals surface area contributed by atoms with Gasteiger partial charge in [0.05, 0.1) is 0 Å². The molecular formula is C22H25N3O2. The van der Waals surface area contributed by atoms with Crippen molar-refractivity contribution in [1.82, 2.24) is 5.32 Å². The van der Waals surface area contributed by atoms with Crippen molar-refractivity contribution in [2.75, 3.05) is 24.7 Å². The molecule has 1 amide bonds. The number of nitrogens with one attached hydrogen (secondary N) is 1. The second kappa shape index (κ2) is 11.5. The van der Waals surface area contributed by atoms with Crippen LogP contribution in [-0.4, -0.2) is 25.7 Å². The van der Waals surface area contributed by atoms with Crippen LogP contribution >= 0.6 is 0 Å². The largest absolute Gasteiger partial charge is 0.382 e. The van der Waals surface area contributed by atoms with Gasteiger partial charge in [-0.25, -0.2) is 0 Å². The van der Waals surface area contributed by atoms with Crippen molar-refractivity contribution in [3.8, 4) is 6.07 Å². The summed E-state index contributed by atoms with van der Waals surface area (Å²) in [4.78, 5) is 14.3. The highest BCUT2D eigenvalue weighted by atomic mass is 16.5. The Bertz CT molecular complexity index is 767. The quantitative estimate of drug-likeness (QED) is 0.398. The number of benzene rings is 2. The van der Waals surface area contributed by atoms with E-state index >= 15 is 0 Å². The first-order chi connectivity index (χ1) is 13.2. The van der Waals surface area contributed by atoms with Crippen LogP contribution in [0.15, 0.2) is 72.4 Å². The number of rotatable bonds is 10. The van der Waals surface area contributed by atoms with Crippen LogP contribution < -0.4 is 10.2 Å². The zero-order valence-corrected chi connectivity index (χ0v) is 15.6. The zero-order chi connectivity index (χ0) is 19.3. The van der Waals surface area contributed by atoms with E-state index in [-0.39, 0.29) is 11.5 Å². The van der Waals surface area contributed by atoms with Crippen molar-refractivity contribution in [3.63, 3.8) is 0 Å². The number of nitrogens with zero attached hydrogens (tertiary/aromatic N) is 2. The Morgan fingerprint density at radius 3 is 2.44 bits per heavy atom. The zero-order valence-electron chi connectivity index (χ0n) is 15.6. The SMILES string of the molecule is CCOCCCNC(=O)/C(C#N)=C\N(Cc1ccccc1)c1ccccc1. The summed E-state index contributed by atoms with van der Waals surface area (Å²) in [7, 11) is 0. The first kappa shape index (κ1) is 20.2. The molecule has 2 aromatic carbocycles. The third-order valence-corrected chi connectivity index (χ3v) is 3.89. The molecule has 27 heavy (non-hydrogen) atoms. The lowest BCUT2D eigenvalue weighted by Crippen LogP contribution is -2.28. The first-order valence-corrected chi connectivity index (χ1v) is 9.08. The molecule has 0 aliphatic heterocycles. The number of amides is 1. The van der Waals surface area contributed by atoms with E-state index in [2.05, 4.69) is 5.32 Å². The van der Waals surface area contributed by atoms with Crippen molar-refractivity contribution in [3.05, 3.63) is 78.0 Å². The second-order valence-electron chi connectivity index (χ2n) is 5.91. The summed E-state index contributed by atoms with van der Waals surface area (Å²) in [6, 6.07) is 21.7. The Morgan fingerprint density at radius 2 is 1.81 bits per heavy atom. The number of hydrogen-bond donors (Lipinski definition) is 1. The summed E-state index contributed by atoms with van der Waals surface area (Å²) in [6.07, 6.45) is 2.32. The second-order valence-corrected chi connectivity index (χ2v) is 5.91. The van der Waals surface area contributed by atoms with Crippen LogP contribution in [-0.2, 0) is 16.1 Å². The van der Waals surface area contributed by atoms with E-state index in [1.807, 2.05) is 78.6 Å². The number of anilines is 1. The molecule has 0 aliphatic carbocycles. The van der Waals surface area contributed by atoms with Gasteiger partial charge in [0, 0.05) is 38.2 Å². The number of nitriles is 1. The highest BCUT2D eigenvalue weighted by Gasteiger charge is 2.12. The molecule has 0 heterocycles. The average Bonchev–Trinajstić information content (AvgIpc) is 2.72. The Labute approximate surface area is 160 Å². The minimum atomic E-state index is -0.372. The van der Waals surface area contributed by atoms with Crippen LogP contribution in [0.25, 0.3) is 0 Å². The highest BCUT2D eigenvalue weighted by molar-refractivity contribution is 5.97. The van der Waals surface area contributed by atoms with E-state index in [0.717, 1.165) is 11.3 Å². The maximum atomic E-state index is 12.4. The van der Waals surface area contributed by atoms with Gasteiger partial charge >= 0.3 is 0 Å². The van der Waals surface area contributed by atoms with Gasteiger partial charge in [0.2, 0.25) is 0 Å². The molecule has 0 saturated carbocycles. The molecule has 2 rings (SSSR count). The lowest BCUT2D eigenvalue weighted by atomic mass is 10.2. The first-order valence-electron chi connectivity index (χ1n) is 9.08. The van der Waals surface area contributed by atoms with Gasteiger partial charge in [-0.3, -0.25) is 4.79 Å². The molecule has 0 aromatic heterocycles. The fourth-order valence-corrected chi connectivity index (χ4v) is 2.52. The predicted octanol–water partition coefficient (Wildman–Crippen LogP) is 3.64. The molecule has 0 fully saturated rings. The summed E-state index contributed by atoms with van der Waals surface area (Å²) in [5.41, 5.74) is 2.08. The van der Waals surface area contributed by atoms with Crippen molar-refractivity contribution in [2.24, 2.45) is 0 Å². The summed E-state index contributed by atoms with van der Waals surface area (Å²) in [6.45, 7) is 4.21. The monoisotopic (exact) mass is 363 g/mol. The van der Waals surface area contributed by atoms with Crippen molar-refractivity contribution < 1.29 is 9.53 Å². The van der Waals surface area contributed by atoms with Gasteiger partial charge < -0.3 is 15.0 Å². The number of carbonyl (C=O) groups is 1. The minimum absolute atomic E-state index is 0.0752. The minimum Gasteiger partial charge on any atom is -0.382 e. The van der Waals surface area contributed by atoms with Crippen molar-refractivity contribution in [2.45, 2.75) is 19.9 Å². The third kappa shape index (κ3) is 6.96. The van der Waals surface area contributed by atoms with Crippen LogP contribution in [0.5, 0.6) is 0 Å². The Kier molecular flexibility index (Phi) is 8.61. The average molecular weight is 363 g/mol. The van der Waals surface area contributed by atoms with E-state index in [1.54, 1.807) is 6.20 Å². The molecule has 5 nitrogen and oxygen atoms in total. The van der Waals surface area contributed by atoms with Gasteiger partial charge in [-0.15, -0.1) is 0 Å². The smallest absolute Gasteiger partial charge is 0.263 e. The standard InChI is InChI=1S/C22H25N3O2/c1-2-27-15-9-14-24-22(26)20(16-23)18-25(21-12-7-4-8-13-21)17-19-10-5-3-6-11-19/h3-8,10-13,18H,2,9,14-15,17H2,1H3,(H,24,26)/b20-18-. The van der Waals surface area contributed by atoms with Crippen LogP contribution in [0.1, 0.15) is 18.9 Å². The molecule has 140 valence electrons. The van der Waals surface area contributed by atoms with Gasteiger partial charge in [0.1, 0.15) is 11.6 Å². The lowest BCUT2D eigenvalue weighted by molar-refractivity contribution is -0.117. The van der Waals surface area contributed by atoms with Crippen LogP contribution in [0.3, 0.4) is 0 Å². The molecule has 0 unspecified atom stereocenters. The van der Waals surface area contributed by atoms with Gasteiger partial charge in [0.15, 0.2) is 0 Å². The molecule has 0 radical (unpaired) electrons. The summed E-state index contributed by atoms with van der Waals surface area (Å²) in [5.74, 6) is -0.372. The van der Waals surface area contributed by atoms with E-state index in [1.165, 1.54) is 0 Å². The third-order valence-electron chi connectivity index (χ3n) is 3.89. The van der Waals surface area contributed by atoms with E-state index in [0.29, 0.717) is 32.7 Å². The van der Waals surface area contributed by atoms with E-state index in [4.69, 9.17) is 4.74 Å². The van der Waals surface area contributed by atoms with Gasteiger partial charge in [-0.05, 0) is 31.0 Å². The number of hydrogen-bond acceptors (Lipinski definition) is 4. The van der Waals surface area contributed by atoms with Gasteiger partial charge in [-0.1, -0.05) is 48.5 Å². The van der Waals surface area contributed by atoms with Crippen LogP contribution in [0.4, 0.5) is 5.69 Å². The predicted molar refractivity (Wildman–Crippen MR) is 107 cm³/mol. The Hall–Kier alpha value is -3.10. The molecule has 5 heteroatoms. The van der Waals surface area contributed by atoms with Gasteiger partial charge in [-0.2, -0.15) is 5.26 Å². The van der Waals surface area contributed by atoms with Crippen LogP contribution in [0.2, 0.25) is 0 Å². The maximum absolute atomic E-state index is 12.4. The van der Waals surface area contributed by atoms with Crippen molar-refractivity contribution in [1.29, 1.82) is 5.26 Å². The maximum Gasteiger partial charge on any atom is 0.263 e. The number of para-hydroxylation sites is 1. The molecule has 0 spiro atoms. The highest BCUT2D eigenvalue weighted by Crippen LogP contribution is 2.18. The molecule has 0 bridgehead atoms. The molecule has 2 aromatic rings. The van der Waals surface area contributed by atoms with Crippen molar-refractivity contribution >= 4 is 11.6 Å². The Balaban J connectivity index is 2.13. The molecular weight excluding hydrogens is 338 g/mol. The summed E-state index contributed by atoms with van der Waals surface area (Å²) >= 11 is 0. The van der Waals surface area contributed by atoms with E-state index < -0.39 is 0 Å². The summed E-state index contributed by atoms with van der Waals surface area (Å²) in [5, 5.41) is 12.2. The lowest BCUT2D eigenvalue weighted by Gasteiger charge is -2.21. The normalized spacial score (nSPS) is 10.9. The Morgan fingerprint density at radius 1 is 1.15 bits per heavy atom. The fraction of sp³-hybridized carbons (Fsp3) is 0.273. The number of ether oxygens (including phenoxy) is 1. The molecule has 0 aliphatic rings. The van der Waals surface area contributed by atoms with Gasteiger partial charge in [0.25, 0.3) is 5.91 Å². The van der Waals surface area contributed by atoms with E-state index in [9.17, 15) is 10.1 Å². The molecule has 0 saturated heterocycles. The molecule has 0 atom stereocenters. The molecule has 1 N–H and O–H groups in total. The number of carbonyl (C=O) groups excluding carboxylic acids is 1. The summed E-state index contributed by atoms with van der Waals surface area (Å²) < 4.78 is 5.25.